The second kappa shape index (κ2) is 5.88. The summed E-state index contributed by atoms with van der Waals surface area (Å²) in [7, 11) is 2.14. The summed E-state index contributed by atoms with van der Waals surface area (Å²) in [4.78, 5) is 9.42. The number of likely N-dealkylation sites (N-methyl/N-ethyl adjacent to an activating group) is 1. The second-order valence-corrected chi connectivity index (χ2v) is 7.76. The molecule has 1 aliphatic heterocycles. The van der Waals surface area contributed by atoms with Crippen LogP contribution in [0, 0.1) is 6.92 Å². The van der Waals surface area contributed by atoms with Gasteiger partial charge in [0.05, 0.1) is 6.54 Å². The molecule has 8 nitrogen and oxygen atoms in total. The summed E-state index contributed by atoms with van der Waals surface area (Å²) in [5.74, 6) is 4.31. The minimum atomic E-state index is 0.159. The summed E-state index contributed by atoms with van der Waals surface area (Å²) in [6.45, 7) is 5.79. The summed E-state index contributed by atoms with van der Waals surface area (Å²) < 4.78 is 7.91. The Morgan fingerprint density at radius 1 is 1.12 bits per heavy atom. The van der Waals surface area contributed by atoms with E-state index < -0.39 is 0 Å². The van der Waals surface area contributed by atoms with Crippen LogP contribution >= 0.6 is 0 Å². The Balaban J connectivity index is 1.31. The van der Waals surface area contributed by atoms with Crippen molar-refractivity contribution < 1.29 is 4.52 Å². The highest BCUT2D eigenvalue weighted by molar-refractivity contribution is 5.06. The summed E-state index contributed by atoms with van der Waals surface area (Å²) >= 11 is 0. The lowest BCUT2D eigenvalue weighted by atomic mass is 10.1. The maximum atomic E-state index is 5.59. The lowest BCUT2D eigenvalue weighted by Gasteiger charge is -2.37. The predicted molar refractivity (Wildman–Crippen MR) is 90.0 cm³/mol. The quantitative estimate of drug-likeness (QED) is 0.817. The van der Waals surface area contributed by atoms with Crippen LogP contribution in [0.15, 0.2) is 4.52 Å². The van der Waals surface area contributed by atoms with Gasteiger partial charge in [0.1, 0.15) is 17.7 Å². The van der Waals surface area contributed by atoms with Crippen molar-refractivity contribution in [2.24, 2.45) is 0 Å². The van der Waals surface area contributed by atoms with Crippen molar-refractivity contribution in [2.45, 2.75) is 57.2 Å². The molecule has 0 aromatic carbocycles. The van der Waals surface area contributed by atoms with Gasteiger partial charge in [0.25, 0.3) is 0 Å². The number of nitrogens with zero attached hydrogens (tertiary/aromatic N) is 7. The van der Waals surface area contributed by atoms with E-state index in [0.717, 1.165) is 49.5 Å². The molecule has 8 heteroatoms. The molecule has 0 radical (unpaired) electrons. The molecule has 3 aliphatic rings. The molecule has 2 aromatic heterocycles. The largest absolute Gasteiger partial charge is 0.338 e. The fourth-order valence-corrected chi connectivity index (χ4v) is 3.76. The Labute approximate surface area is 147 Å². The van der Waals surface area contributed by atoms with E-state index in [2.05, 4.69) is 48.7 Å². The van der Waals surface area contributed by atoms with Crippen LogP contribution in [0.3, 0.4) is 0 Å². The van der Waals surface area contributed by atoms with Crippen LogP contribution in [-0.2, 0) is 6.54 Å². The molecule has 0 amide bonds. The molecule has 1 saturated heterocycles. The molecule has 3 fully saturated rings. The minimum Gasteiger partial charge on any atom is -0.338 e. The van der Waals surface area contributed by atoms with Crippen LogP contribution in [-0.4, -0.2) is 61.4 Å². The van der Waals surface area contributed by atoms with Crippen molar-refractivity contribution in [1.82, 2.24) is 34.7 Å². The molecule has 0 bridgehead atoms. The van der Waals surface area contributed by atoms with Gasteiger partial charge >= 0.3 is 0 Å². The standard InChI is InChI=1S/C17H25N7O/c1-11-19-20-15(24(11)13-5-6-13)10-23-8-7-22(2)14(9-23)17-18-16(21-25-17)12-3-4-12/h12-14H,3-10H2,1-2H3/t14-/m0/s1. The predicted octanol–water partition coefficient (Wildman–Crippen LogP) is 1.67. The van der Waals surface area contributed by atoms with E-state index in [1.165, 1.54) is 25.7 Å². The highest BCUT2D eigenvalue weighted by Gasteiger charge is 2.35. The Morgan fingerprint density at radius 2 is 1.96 bits per heavy atom. The van der Waals surface area contributed by atoms with Gasteiger partial charge in [0.2, 0.25) is 5.89 Å². The molecular formula is C17H25N7O. The molecule has 3 heterocycles. The highest BCUT2D eigenvalue weighted by atomic mass is 16.5. The van der Waals surface area contributed by atoms with E-state index in [1.807, 2.05) is 0 Å². The summed E-state index contributed by atoms with van der Waals surface area (Å²) in [6, 6.07) is 0.775. The van der Waals surface area contributed by atoms with Gasteiger partial charge in [-0.25, -0.2) is 0 Å². The van der Waals surface area contributed by atoms with E-state index in [4.69, 9.17) is 4.52 Å². The first-order chi connectivity index (χ1) is 12.2. The topological polar surface area (TPSA) is 76.1 Å². The van der Waals surface area contributed by atoms with Crippen LogP contribution in [0.25, 0.3) is 0 Å². The van der Waals surface area contributed by atoms with Crippen molar-refractivity contribution in [1.29, 1.82) is 0 Å². The van der Waals surface area contributed by atoms with E-state index in [1.54, 1.807) is 0 Å². The molecule has 25 heavy (non-hydrogen) atoms. The SMILES string of the molecule is Cc1nnc(CN2CCN(C)[C@H](c3nc(C4CC4)no3)C2)n1C1CC1. The zero-order valence-electron chi connectivity index (χ0n) is 14.9. The average Bonchev–Trinajstić information content (AvgIpc) is 3.54. The van der Waals surface area contributed by atoms with Gasteiger partial charge in [-0.2, -0.15) is 4.98 Å². The van der Waals surface area contributed by atoms with Crippen molar-refractivity contribution in [2.75, 3.05) is 26.7 Å². The third-order valence-electron chi connectivity index (χ3n) is 5.63. The zero-order valence-corrected chi connectivity index (χ0v) is 14.9. The monoisotopic (exact) mass is 343 g/mol. The number of aromatic nitrogens is 5. The average molecular weight is 343 g/mol. The van der Waals surface area contributed by atoms with E-state index >= 15 is 0 Å². The van der Waals surface area contributed by atoms with Crippen molar-refractivity contribution in [3.05, 3.63) is 23.4 Å². The molecule has 0 N–H and O–H groups in total. The normalized spacial score (nSPS) is 25.6. The van der Waals surface area contributed by atoms with Gasteiger partial charge in [-0.15, -0.1) is 10.2 Å². The van der Waals surface area contributed by atoms with E-state index in [-0.39, 0.29) is 6.04 Å². The van der Waals surface area contributed by atoms with E-state index in [9.17, 15) is 0 Å². The second-order valence-electron chi connectivity index (χ2n) is 7.76. The molecule has 2 saturated carbocycles. The zero-order chi connectivity index (χ0) is 17.0. The van der Waals surface area contributed by atoms with Crippen LogP contribution in [0.2, 0.25) is 0 Å². The van der Waals surface area contributed by atoms with Crippen LogP contribution in [0.1, 0.15) is 67.0 Å². The van der Waals surface area contributed by atoms with Gasteiger partial charge in [-0.05, 0) is 39.7 Å². The lowest BCUT2D eigenvalue weighted by molar-refractivity contribution is 0.0691. The molecular weight excluding hydrogens is 318 g/mol. The van der Waals surface area contributed by atoms with E-state index in [0.29, 0.717) is 12.0 Å². The van der Waals surface area contributed by atoms with Crippen LogP contribution in [0.5, 0.6) is 0 Å². The maximum Gasteiger partial charge on any atom is 0.245 e. The summed E-state index contributed by atoms with van der Waals surface area (Å²) in [6.07, 6.45) is 4.90. The molecule has 5 rings (SSSR count). The molecule has 134 valence electrons. The number of hydrogen-bond acceptors (Lipinski definition) is 7. The molecule has 2 aromatic rings. The van der Waals surface area contributed by atoms with Crippen LogP contribution < -0.4 is 0 Å². The molecule has 2 aliphatic carbocycles. The fraction of sp³-hybridized carbons (Fsp3) is 0.765. The van der Waals surface area contributed by atoms with Gasteiger partial charge in [-0.3, -0.25) is 9.80 Å². The third-order valence-corrected chi connectivity index (χ3v) is 5.63. The Hall–Kier alpha value is -1.80. The first kappa shape index (κ1) is 15.5. The third kappa shape index (κ3) is 2.97. The number of piperazine rings is 1. The molecule has 0 unspecified atom stereocenters. The van der Waals surface area contributed by atoms with Gasteiger partial charge < -0.3 is 9.09 Å². The van der Waals surface area contributed by atoms with Gasteiger partial charge in [0, 0.05) is 31.6 Å². The first-order valence-corrected chi connectivity index (χ1v) is 9.35. The fourth-order valence-electron chi connectivity index (χ4n) is 3.76. The number of aryl methyl sites for hydroxylation is 1. The van der Waals surface area contributed by atoms with Gasteiger partial charge in [-0.1, -0.05) is 5.16 Å². The summed E-state index contributed by atoms with van der Waals surface area (Å²) in [5, 5.41) is 12.9. The summed E-state index contributed by atoms with van der Waals surface area (Å²) in [5.41, 5.74) is 0. The van der Waals surface area contributed by atoms with Crippen LogP contribution in [0.4, 0.5) is 0 Å². The number of hydrogen-bond donors (Lipinski definition) is 0. The van der Waals surface area contributed by atoms with Crippen molar-refractivity contribution in [3.63, 3.8) is 0 Å². The van der Waals surface area contributed by atoms with Crippen molar-refractivity contribution >= 4 is 0 Å². The molecule has 0 spiro atoms. The van der Waals surface area contributed by atoms with Gasteiger partial charge in [0.15, 0.2) is 5.82 Å². The Kier molecular flexibility index (Phi) is 3.63. The first-order valence-electron chi connectivity index (χ1n) is 9.35. The molecule has 1 atom stereocenters. The number of rotatable bonds is 5. The highest BCUT2D eigenvalue weighted by Crippen LogP contribution is 2.39. The van der Waals surface area contributed by atoms with Crippen molar-refractivity contribution in [3.8, 4) is 0 Å². The Bertz CT molecular complexity index is 761. The lowest BCUT2D eigenvalue weighted by Crippen LogP contribution is -2.46. The smallest absolute Gasteiger partial charge is 0.245 e. The minimum absolute atomic E-state index is 0.159. The maximum absolute atomic E-state index is 5.59. The Morgan fingerprint density at radius 3 is 2.72 bits per heavy atom.